The lowest BCUT2D eigenvalue weighted by molar-refractivity contribution is -0.153. The summed E-state index contributed by atoms with van der Waals surface area (Å²) in [4.78, 5) is 11.3. The summed E-state index contributed by atoms with van der Waals surface area (Å²) in [5.41, 5.74) is 1.10. The third-order valence-electron chi connectivity index (χ3n) is 3.81. The van der Waals surface area contributed by atoms with E-state index in [1.54, 1.807) is 0 Å². The molecule has 27 heavy (non-hydrogen) atoms. The largest absolute Gasteiger partial charge is 0.482 e. The van der Waals surface area contributed by atoms with Crippen molar-refractivity contribution < 1.29 is 31.1 Å². The maximum absolute atomic E-state index is 12.6. The third-order valence-corrected chi connectivity index (χ3v) is 5.17. The van der Waals surface area contributed by atoms with E-state index in [1.807, 2.05) is 0 Å². The quantitative estimate of drug-likeness (QED) is 0.807. The maximum atomic E-state index is 12.6. The molecule has 0 fully saturated rings. The number of anilines is 2. The predicted octanol–water partition coefficient (Wildman–Crippen LogP) is 3.31. The van der Waals surface area contributed by atoms with Gasteiger partial charge in [-0.15, -0.1) is 0 Å². The van der Waals surface area contributed by atoms with Crippen molar-refractivity contribution in [2.24, 2.45) is 0 Å². The molecule has 1 heterocycles. The number of fused-ring (bicyclic) bond motifs is 1. The zero-order valence-electron chi connectivity index (χ0n) is 13.8. The van der Waals surface area contributed by atoms with Crippen LogP contribution in [0.3, 0.4) is 0 Å². The molecule has 0 atom stereocenters. The number of hydrogen-bond donors (Lipinski definition) is 2. The minimum atomic E-state index is -4.55. The van der Waals surface area contributed by atoms with Gasteiger partial charge in [0, 0.05) is 12.1 Å². The molecule has 1 amide bonds. The molecule has 0 bridgehead atoms. The van der Waals surface area contributed by atoms with Crippen molar-refractivity contribution >= 4 is 27.3 Å². The predicted molar refractivity (Wildman–Crippen MR) is 92.2 cm³/mol. The summed E-state index contributed by atoms with van der Waals surface area (Å²) in [6.45, 7) is -1.54. The number of carbonyl (C=O) groups excluding carboxylic acids is 1. The fourth-order valence-corrected chi connectivity index (χ4v) is 3.69. The van der Waals surface area contributed by atoms with Crippen molar-refractivity contribution in [3.63, 3.8) is 0 Å². The van der Waals surface area contributed by atoms with Gasteiger partial charge in [0.1, 0.15) is 5.75 Å². The summed E-state index contributed by atoms with van der Waals surface area (Å²) in [6.07, 6.45) is -3.90. The van der Waals surface area contributed by atoms with Crippen LogP contribution in [0.15, 0.2) is 47.4 Å². The van der Waals surface area contributed by atoms with Crippen LogP contribution in [0.1, 0.15) is 12.0 Å². The normalized spacial score (nSPS) is 14.3. The number of aryl methyl sites for hydroxylation is 1. The van der Waals surface area contributed by atoms with Gasteiger partial charge in [0.05, 0.1) is 10.6 Å². The number of halogens is 3. The van der Waals surface area contributed by atoms with Crippen molar-refractivity contribution in [2.45, 2.75) is 23.9 Å². The van der Waals surface area contributed by atoms with Gasteiger partial charge in [-0.1, -0.05) is 12.1 Å². The number of alkyl halides is 3. The molecule has 1 aliphatic heterocycles. The highest BCUT2D eigenvalue weighted by molar-refractivity contribution is 7.92. The van der Waals surface area contributed by atoms with E-state index in [1.165, 1.54) is 42.5 Å². The van der Waals surface area contributed by atoms with Gasteiger partial charge < -0.3 is 10.1 Å². The van der Waals surface area contributed by atoms with E-state index in [2.05, 4.69) is 14.8 Å². The van der Waals surface area contributed by atoms with Crippen molar-refractivity contribution in [1.82, 2.24) is 0 Å². The molecule has 0 unspecified atom stereocenters. The highest BCUT2D eigenvalue weighted by Crippen LogP contribution is 2.30. The number of ether oxygens (including phenoxy) is 1. The fourth-order valence-electron chi connectivity index (χ4n) is 2.57. The van der Waals surface area contributed by atoms with Crippen LogP contribution < -0.4 is 14.8 Å². The zero-order chi connectivity index (χ0) is 19.7. The highest BCUT2D eigenvalue weighted by atomic mass is 32.2. The summed E-state index contributed by atoms with van der Waals surface area (Å²) in [5, 5.41) is 2.65. The second kappa shape index (κ2) is 7.10. The molecular weight excluding hydrogens is 385 g/mol. The van der Waals surface area contributed by atoms with Gasteiger partial charge in [0.15, 0.2) is 6.61 Å². The van der Waals surface area contributed by atoms with Gasteiger partial charge in [0.2, 0.25) is 5.91 Å². The number of amides is 1. The molecule has 2 aromatic rings. The van der Waals surface area contributed by atoms with Gasteiger partial charge in [-0.05, 0) is 42.3 Å². The molecule has 0 saturated carbocycles. The maximum Gasteiger partial charge on any atom is 0.422 e. The number of nitrogens with one attached hydrogen (secondary N) is 2. The molecule has 0 radical (unpaired) electrons. The Kier molecular flexibility index (Phi) is 5.01. The molecule has 6 nitrogen and oxygen atoms in total. The number of hydrogen-bond acceptors (Lipinski definition) is 4. The smallest absolute Gasteiger partial charge is 0.422 e. The molecule has 2 N–H and O–H groups in total. The Hall–Kier alpha value is -2.75. The van der Waals surface area contributed by atoms with E-state index >= 15 is 0 Å². The molecule has 144 valence electrons. The summed E-state index contributed by atoms with van der Waals surface area (Å²) in [5.74, 6) is -0.379. The number of sulfonamides is 1. The first kappa shape index (κ1) is 19.0. The average molecular weight is 400 g/mol. The lowest BCUT2D eigenvalue weighted by Gasteiger charge is -2.18. The summed E-state index contributed by atoms with van der Waals surface area (Å²) in [7, 11) is -4.06. The Morgan fingerprint density at radius 3 is 2.59 bits per heavy atom. The standard InChI is InChI=1S/C17H15F3N2O4S/c18-17(19,20)10-26-15-4-2-1-3-14(15)22-27(24,25)12-6-7-13-11(9-12)5-8-16(23)21-13/h1-4,6-7,9,22H,5,8,10H2,(H,21,23). The summed E-state index contributed by atoms with van der Waals surface area (Å²) in [6, 6.07) is 9.68. The SMILES string of the molecule is O=C1CCc2cc(S(=O)(=O)Nc3ccccc3OCC(F)(F)F)ccc2N1. The van der Waals surface area contributed by atoms with Crippen LogP contribution in [0, 0.1) is 0 Å². The first-order valence-electron chi connectivity index (χ1n) is 7.88. The second-order valence-electron chi connectivity index (χ2n) is 5.87. The van der Waals surface area contributed by atoms with Gasteiger partial charge >= 0.3 is 6.18 Å². The minimum absolute atomic E-state index is 0.0666. The molecule has 0 spiro atoms. The molecule has 1 aliphatic rings. The Morgan fingerprint density at radius 1 is 1.11 bits per heavy atom. The van der Waals surface area contributed by atoms with Crippen LogP contribution in [0.5, 0.6) is 5.75 Å². The van der Waals surface area contributed by atoms with Crippen LogP contribution >= 0.6 is 0 Å². The van der Waals surface area contributed by atoms with E-state index in [9.17, 15) is 26.4 Å². The van der Waals surface area contributed by atoms with E-state index in [0.29, 0.717) is 17.7 Å². The average Bonchev–Trinajstić information content (AvgIpc) is 2.59. The molecule has 0 aliphatic carbocycles. The first-order valence-corrected chi connectivity index (χ1v) is 9.36. The molecular formula is C17H15F3N2O4S. The van der Waals surface area contributed by atoms with E-state index < -0.39 is 22.8 Å². The number of carbonyl (C=O) groups is 1. The van der Waals surface area contributed by atoms with Gasteiger partial charge in [-0.3, -0.25) is 9.52 Å². The number of para-hydroxylation sites is 2. The monoisotopic (exact) mass is 400 g/mol. The van der Waals surface area contributed by atoms with E-state index in [-0.39, 0.29) is 28.7 Å². The zero-order valence-corrected chi connectivity index (χ0v) is 14.7. The molecule has 10 heteroatoms. The van der Waals surface area contributed by atoms with Crippen LogP contribution in [0.2, 0.25) is 0 Å². The molecule has 2 aromatic carbocycles. The lowest BCUT2D eigenvalue weighted by Crippen LogP contribution is -2.21. The highest BCUT2D eigenvalue weighted by Gasteiger charge is 2.29. The molecule has 0 aromatic heterocycles. The Labute approximate surface area is 153 Å². The van der Waals surface area contributed by atoms with Crippen molar-refractivity contribution in [3.05, 3.63) is 48.0 Å². The van der Waals surface area contributed by atoms with Crippen molar-refractivity contribution in [3.8, 4) is 5.75 Å². The van der Waals surface area contributed by atoms with Crippen LogP contribution in [0.25, 0.3) is 0 Å². The Morgan fingerprint density at radius 2 is 1.85 bits per heavy atom. The van der Waals surface area contributed by atoms with Gasteiger partial charge in [-0.25, -0.2) is 8.42 Å². The third kappa shape index (κ3) is 4.70. The number of benzene rings is 2. The Bertz CT molecular complexity index is 974. The van der Waals surface area contributed by atoms with Crippen LogP contribution in [0.4, 0.5) is 24.5 Å². The lowest BCUT2D eigenvalue weighted by atomic mass is 10.0. The van der Waals surface area contributed by atoms with Crippen LogP contribution in [-0.4, -0.2) is 27.1 Å². The van der Waals surface area contributed by atoms with Gasteiger partial charge in [-0.2, -0.15) is 13.2 Å². The second-order valence-corrected chi connectivity index (χ2v) is 7.56. The summed E-state index contributed by atoms with van der Waals surface area (Å²) < 4.78 is 69.3. The molecule has 0 saturated heterocycles. The van der Waals surface area contributed by atoms with Crippen molar-refractivity contribution in [1.29, 1.82) is 0 Å². The topological polar surface area (TPSA) is 84.5 Å². The van der Waals surface area contributed by atoms with Gasteiger partial charge in [0.25, 0.3) is 10.0 Å². The Balaban J connectivity index is 1.84. The van der Waals surface area contributed by atoms with Crippen molar-refractivity contribution in [2.75, 3.05) is 16.6 Å². The molecule has 3 rings (SSSR count). The number of rotatable bonds is 5. The van der Waals surface area contributed by atoms with E-state index in [4.69, 9.17) is 0 Å². The van der Waals surface area contributed by atoms with Crippen LogP contribution in [-0.2, 0) is 21.2 Å². The van der Waals surface area contributed by atoms with E-state index in [0.717, 1.165) is 0 Å². The fraction of sp³-hybridized carbons (Fsp3) is 0.235. The summed E-state index contributed by atoms with van der Waals surface area (Å²) >= 11 is 0. The minimum Gasteiger partial charge on any atom is -0.482 e. The first-order chi connectivity index (χ1) is 12.6.